The van der Waals surface area contributed by atoms with Gasteiger partial charge in [0.1, 0.15) is 18.0 Å². The first-order chi connectivity index (χ1) is 17.3. The van der Waals surface area contributed by atoms with E-state index in [1.165, 1.54) is 0 Å². The molecule has 0 saturated carbocycles. The molecule has 0 aliphatic carbocycles. The third-order valence-corrected chi connectivity index (χ3v) is 5.98. The van der Waals surface area contributed by atoms with Crippen LogP contribution in [0, 0.1) is 6.07 Å². The molecular formula is C28H23N6O. The number of benzene rings is 3. The number of nitrogens with two attached hydrogens (primary N) is 1. The maximum Gasteiger partial charge on any atom is 0.153 e. The topological polar surface area (TPSA) is 93.8 Å². The number of para-hydroxylation sites is 2. The van der Waals surface area contributed by atoms with Crippen molar-refractivity contribution in [3.8, 4) is 11.4 Å². The molecule has 0 amide bonds. The Balaban J connectivity index is 1.32. The number of ether oxygens (including phenoxy) is 1. The van der Waals surface area contributed by atoms with Crippen LogP contribution < -0.4 is 15.8 Å². The molecule has 35 heavy (non-hydrogen) atoms. The lowest BCUT2D eigenvalue weighted by Crippen LogP contribution is -2.08. The minimum Gasteiger partial charge on any atom is -0.487 e. The average Bonchev–Trinajstić information content (AvgIpc) is 3.47. The number of nitrogen functional groups attached to an aromatic ring is 1. The van der Waals surface area contributed by atoms with Crippen molar-refractivity contribution in [1.29, 1.82) is 0 Å². The fourth-order valence-corrected chi connectivity index (χ4v) is 4.26. The van der Waals surface area contributed by atoms with Crippen LogP contribution in [0.1, 0.15) is 11.3 Å². The lowest BCUT2D eigenvalue weighted by Gasteiger charge is -2.15. The number of anilines is 2. The van der Waals surface area contributed by atoms with Crippen LogP contribution in [0.25, 0.3) is 27.6 Å². The first kappa shape index (κ1) is 20.8. The van der Waals surface area contributed by atoms with E-state index in [0.717, 1.165) is 50.3 Å². The third kappa shape index (κ3) is 4.04. The monoisotopic (exact) mass is 459 g/mol. The Morgan fingerprint density at radius 2 is 1.86 bits per heavy atom. The lowest BCUT2D eigenvalue weighted by molar-refractivity contribution is 0.307. The van der Waals surface area contributed by atoms with Crippen molar-refractivity contribution in [2.75, 3.05) is 11.1 Å². The number of nitrogens with zero attached hydrogens (tertiary/aromatic N) is 3. The number of hydrogen-bond acceptors (Lipinski definition) is 5. The van der Waals surface area contributed by atoms with E-state index in [1.54, 1.807) is 6.20 Å². The molecule has 1 radical (unpaired) electrons. The van der Waals surface area contributed by atoms with Crippen molar-refractivity contribution >= 4 is 33.4 Å². The van der Waals surface area contributed by atoms with Crippen molar-refractivity contribution in [2.45, 2.75) is 13.2 Å². The van der Waals surface area contributed by atoms with Crippen LogP contribution in [0.2, 0.25) is 0 Å². The molecule has 7 heteroatoms. The number of rotatable bonds is 7. The number of hydrogen-bond donors (Lipinski definition) is 3. The van der Waals surface area contributed by atoms with Gasteiger partial charge in [-0.1, -0.05) is 42.5 Å². The standard InChI is InChI=1S/C28H23N6O/c29-27-23-16-21(12-13-24(23)32-33-27)34-22(15-20-9-6-14-30-28(20)34)17-31-25-10-4-5-11-26(25)35-18-19-7-2-1-3-8-19/h1-8,10-16,31H,17-18H2,(H3,29,32,33). The smallest absolute Gasteiger partial charge is 0.153 e. The van der Waals surface area contributed by atoms with Gasteiger partial charge >= 0.3 is 0 Å². The summed E-state index contributed by atoms with van der Waals surface area (Å²) < 4.78 is 8.25. The predicted molar refractivity (Wildman–Crippen MR) is 139 cm³/mol. The molecule has 171 valence electrons. The van der Waals surface area contributed by atoms with Gasteiger partial charge in [0.05, 0.1) is 17.7 Å². The molecule has 3 aromatic carbocycles. The molecule has 7 nitrogen and oxygen atoms in total. The Bertz CT molecular complexity index is 1620. The summed E-state index contributed by atoms with van der Waals surface area (Å²) in [5.74, 6) is 1.28. The van der Waals surface area contributed by atoms with Gasteiger partial charge in [-0.15, -0.1) is 0 Å². The van der Waals surface area contributed by atoms with E-state index in [0.29, 0.717) is 19.0 Å². The fourth-order valence-electron chi connectivity index (χ4n) is 4.26. The molecule has 0 atom stereocenters. The first-order valence-corrected chi connectivity index (χ1v) is 11.4. The van der Waals surface area contributed by atoms with Gasteiger partial charge in [-0.25, -0.2) is 4.98 Å². The molecule has 0 aliphatic rings. The minimum atomic E-state index is 0.474. The van der Waals surface area contributed by atoms with Crippen molar-refractivity contribution < 1.29 is 4.74 Å². The quantitative estimate of drug-likeness (QED) is 0.294. The van der Waals surface area contributed by atoms with Crippen molar-refractivity contribution in [1.82, 2.24) is 19.7 Å². The van der Waals surface area contributed by atoms with Crippen LogP contribution in [0.3, 0.4) is 0 Å². The largest absolute Gasteiger partial charge is 0.487 e. The van der Waals surface area contributed by atoms with Crippen LogP contribution in [0.15, 0.2) is 91.1 Å². The van der Waals surface area contributed by atoms with Crippen LogP contribution in [-0.2, 0) is 13.2 Å². The van der Waals surface area contributed by atoms with Crippen LogP contribution in [0.4, 0.5) is 11.5 Å². The second-order valence-electron chi connectivity index (χ2n) is 8.26. The molecule has 3 heterocycles. The van der Waals surface area contributed by atoms with Gasteiger partial charge in [-0.05, 0) is 54.1 Å². The molecule has 0 spiro atoms. The zero-order valence-corrected chi connectivity index (χ0v) is 18.9. The number of H-pyrrole nitrogens is 1. The Morgan fingerprint density at radius 1 is 1.00 bits per heavy atom. The highest BCUT2D eigenvalue weighted by molar-refractivity contribution is 5.91. The zero-order chi connectivity index (χ0) is 23.6. The van der Waals surface area contributed by atoms with Crippen LogP contribution in [-0.4, -0.2) is 19.7 Å². The van der Waals surface area contributed by atoms with Crippen molar-refractivity contribution in [2.24, 2.45) is 0 Å². The molecule has 6 aromatic rings. The number of aromatic nitrogens is 4. The minimum absolute atomic E-state index is 0.474. The maximum absolute atomic E-state index is 6.13. The van der Waals surface area contributed by atoms with Gasteiger partial charge in [0.2, 0.25) is 0 Å². The van der Waals surface area contributed by atoms with Crippen LogP contribution in [0.5, 0.6) is 5.75 Å². The van der Waals surface area contributed by atoms with E-state index in [2.05, 4.69) is 49.3 Å². The molecule has 0 unspecified atom stereocenters. The summed E-state index contributed by atoms with van der Waals surface area (Å²) in [5, 5.41) is 12.5. The SMILES string of the molecule is Nc1n[nH]c2ccc(-n3c(CNc4ccccc4OCc4ccccc4)cc4[c]ccnc43)cc12. The summed E-state index contributed by atoms with van der Waals surface area (Å²) >= 11 is 0. The van der Waals surface area contributed by atoms with E-state index < -0.39 is 0 Å². The predicted octanol–water partition coefficient (Wildman–Crippen LogP) is 5.48. The molecule has 0 saturated heterocycles. The molecule has 0 aliphatic heterocycles. The van der Waals surface area contributed by atoms with E-state index in [9.17, 15) is 0 Å². The van der Waals surface area contributed by atoms with Crippen molar-refractivity contribution in [3.63, 3.8) is 0 Å². The van der Waals surface area contributed by atoms with Gasteiger partial charge in [0.25, 0.3) is 0 Å². The van der Waals surface area contributed by atoms with Crippen molar-refractivity contribution in [3.05, 3.63) is 108 Å². The molecule has 4 N–H and O–H groups in total. The Labute approximate surface area is 202 Å². The summed E-state index contributed by atoms with van der Waals surface area (Å²) in [5.41, 5.74) is 11.8. The molecule has 6 rings (SSSR count). The number of fused-ring (bicyclic) bond motifs is 2. The highest BCUT2D eigenvalue weighted by atomic mass is 16.5. The van der Waals surface area contributed by atoms with E-state index in [-0.39, 0.29) is 0 Å². The van der Waals surface area contributed by atoms with Gasteiger partial charge in [0.15, 0.2) is 5.82 Å². The normalized spacial score (nSPS) is 11.2. The number of nitrogens with one attached hydrogen (secondary N) is 2. The Kier molecular flexibility index (Phi) is 5.27. The zero-order valence-electron chi connectivity index (χ0n) is 18.9. The Morgan fingerprint density at radius 3 is 2.77 bits per heavy atom. The summed E-state index contributed by atoms with van der Waals surface area (Å²) in [6.07, 6.45) is 1.76. The lowest BCUT2D eigenvalue weighted by atomic mass is 10.2. The van der Waals surface area contributed by atoms with E-state index in [4.69, 9.17) is 10.5 Å². The second-order valence-corrected chi connectivity index (χ2v) is 8.26. The maximum atomic E-state index is 6.13. The third-order valence-electron chi connectivity index (χ3n) is 5.98. The highest BCUT2D eigenvalue weighted by Crippen LogP contribution is 2.29. The molecule has 0 fully saturated rings. The number of pyridine rings is 1. The molecule has 0 bridgehead atoms. The Hall–Kier alpha value is -4.78. The summed E-state index contributed by atoms with van der Waals surface area (Å²) in [6.45, 7) is 1.07. The molecular weight excluding hydrogens is 436 g/mol. The number of aromatic amines is 1. The van der Waals surface area contributed by atoms with Gasteiger partial charge < -0.3 is 15.8 Å². The van der Waals surface area contributed by atoms with Gasteiger partial charge in [-0.2, -0.15) is 5.10 Å². The van der Waals surface area contributed by atoms with Crippen LogP contribution >= 0.6 is 0 Å². The average molecular weight is 460 g/mol. The summed E-state index contributed by atoms with van der Waals surface area (Å²) in [4.78, 5) is 4.63. The second kappa shape index (κ2) is 8.87. The van der Waals surface area contributed by atoms with Gasteiger partial charge in [-0.3, -0.25) is 9.67 Å². The first-order valence-electron chi connectivity index (χ1n) is 11.4. The highest BCUT2D eigenvalue weighted by Gasteiger charge is 2.14. The summed E-state index contributed by atoms with van der Waals surface area (Å²) in [7, 11) is 0. The fraction of sp³-hybridized carbons (Fsp3) is 0.0714. The van der Waals surface area contributed by atoms with Gasteiger partial charge in [0, 0.05) is 28.4 Å². The molecule has 3 aromatic heterocycles. The van der Waals surface area contributed by atoms with E-state index in [1.807, 2.05) is 66.7 Å². The summed E-state index contributed by atoms with van der Waals surface area (Å²) in [6, 6.07) is 31.4. The van der Waals surface area contributed by atoms with E-state index >= 15 is 0 Å².